The molecule has 0 aliphatic carbocycles. The van der Waals surface area contributed by atoms with Crippen LogP contribution in [0.25, 0.3) is 10.2 Å². The normalized spacial score (nSPS) is 10.8. The van der Waals surface area contributed by atoms with Crippen LogP contribution in [0.5, 0.6) is 0 Å². The van der Waals surface area contributed by atoms with E-state index in [2.05, 4.69) is 4.98 Å². The highest BCUT2D eigenvalue weighted by Gasteiger charge is 2.18. The van der Waals surface area contributed by atoms with Gasteiger partial charge >= 0.3 is 5.88 Å². The van der Waals surface area contributed by atoms with Crippen LogP contribution in [0.15, 0.2) is 40.8 Å². The third-order valence-corrected chi connectivity index (χ3v) is 3.73. The second-order valence-corrected chi connectivity index (χ2v) is 5.19. The van der Waals surface area contributed by atoms with Crippen molar-refractivity contribution >= 4 is 33.2 Å². The number of fused-ring (bicyclic) bond motifs is 1. The van der Waals surface area contributed by atoms with Gasteiger partial charge in [0.05, 0.1) is 22.7 Å². The summed E-state index contributed by atoms with van der Waals surface area (Å²) in [5, 5.41) is 11.2. The van der Waals surface area contributed by atoms with Crippen LogP contribution in [0.3, 0.4) is 0 Å². The van der Waals surface area contributed by atoms with Crippen LogP contribution in [0.4, 0.5) is 5.88 Å². The van der Waals surface area contributed by atoms with Crippen molar-refractivity contribution in [3.05, 3.63) is 57.3 Å². The molecular formula is C13H8N2O4S. The van der Waals surface area contributed by atoms with Gasteiger partial charge in [-0.05, 0) is 18.2 Å². The fourth-order valence-electron chi connectivity index (χ4n) is 1.80. The molecule has 100 valence electrons. The molecule has 0 bridgehead atoms. The standard InChI is InChI=1S/C13H8N2O4S/c16-9(10-5-6-13(19-10)15(17)18)7-12-14-8-3-1-2-4-11(8)20-12/h1-6H,7H2. The third-order valence-electron chi connectivity index (χ3n) is 2.70. The topological polar surface area (TPSA) is 86.2 Å². The van der Waals surface area contributed by atoms with Gasteiger partial charge in [-0.3, -0.25) is 14.9 Å². The third kappa shape index (κ3) is 2.30. The number of aromatic nitrogens is 1. The minimum absolute atomic E-state index is 0.0176. The molecular weight excluding hydrogens is 280 g/mol. The average molecular weight is 288 g/mol. The van der Waals surface area contributed by atoms with E-state index in [0.717, 1.165) is 10.2 Å². The molecule has 6 nitrogen and oxygen atoms in total. The Bertz CT molecular complexity index is 772. The van der Waals surface area contributed by atoms with Crippen molar-refractivity contribution in [1.82, 2.24) is 4.98 Å². The van der Waals surface area contributed by atoms with E-state index < -0.39 is 10.8 Å². The number of Topliss-reactive ketones (excluding diaryl/α,β-unsaturated/α-hetero) is 1. The van der Waals surface area contributed by atoms with E-state index in [1.54, 1.807) is 0 Å². The van der Waals surface area contributed by atoms with Crippen molar-refractivity contribution in [3.8, 4) is 0 Å². The van der Waals surface area contributed by atoms with Crippen LogP contribution in [0.1, 0.15) is 15.6 Å². The zero-order valence-electron chi connectivity index (χ0n) is 10.1. The number of furan rings is 1. The molecule has 0 atom stereocenters. The van der Waals surface area contributed by atoms with Gasteiger partial charge in [-0.1, -0.05) is 12.1 Å². The summed E-state index contributed by atoms with van der Waals surface area (Å²) < 4.78 is 5.88. The molecule has 7 heteroatoms. The first-order valence-electron chi connectivity index (χ1n) is 5.75. The van der Waals surface area contributed by atoms with Gasteiger partial charge in [0, 0.05) is 0 Å². The summed E-state index contributed by atoms with van der Waals surface area (Å²) >= 11 is 1.43. The largest absolute Gasteiger partial charge is 0.433 e. The summed E-state index contributed by atoms with van der Waals surface area (Å²) in [6.07, 6.45) is 0.0734. The van der Waals surface area contributed by atoms with Gasteiger partial charge in [0.2, 0.25) is 5.78 Å². The van der Waals surface area contributed by atoms with Crippen molar-refractivity contribution in [2.45, 2.75) is 6.42 Å². The first kappa shape index (κ1) is 12.5. The maximum absolute atomic E-state index is 12.0. The fourth-order valence-corrected chi connectivity index (χ4v) is 2.76. The van der Waals surface area contributed by atoms with Crippen LogP contribution >= 0.6 is 11.3 Å². The van der Waals surface area contributed by atoms with Gasteiger partial charge in [0.1, 0.15) is 9.93 Å². The SMILES string of the molecule is O=C(Cc1nc2ccccc2s1)c1ccc([N+](=O)[O-])o1. The number of nitro groups is 1. The highest BCUT2D eigenvalue weighted by atomic mass is 32.1. The molecule has 0 amide bonds. The molecule has 0 spiro atoms. The molecule has 20 heavy (non-hydrogen) atoms. The van der Waals surface area contributed by atoms with Gasteiger partial charge in [0.15, 0.2) is 5.76 Å². The summed E-state index contributed by atoms with van der Waals surface area (Å²) in [6, 6.07) is 10.1. The molecule has 2 aromatic heterocycles. The maximum atomic E-state index is 12.0. The first-order chi connectivity index (χ1) is 9.63. The summed E-state index contributed by atoms with van der Waals surface area (Å²) in [6.45, 7) is 0. The lowest BCUT2D eigenvalue weighted by Gasteiger charge is -1.92. The monoisotopic (exact) mass is 288 g/mol. The molecule has 2 heterocycles. The molecule has 0 fully saturated rings. The van der Waals surface area contributed by atoms with Gasteiger partial charge < -0.3 is 4.42 Å². The van der Waals surface area contributed by atoms with Crippen LogP contribution in [0, 0.1) is 10.1 Å². The van der Waals surface area contributed by atoms with Crippen molar-refractivity contribution in [2.75, 3.05) is 0 Å². The lowest BCUT2D eigenvalue weighted by molar-refractivity contribution is -0.402. The molecule has 0 aliphatic heterocycles. The average Bonchev–Trinajstić information content (AvgIpc) is 3.04. The molecule has 3 aromatic rings. The predicted molar refractivity (Wildman–Crippen MR) is 73.0 cm³/mol. The Hall–Kier alpha value is -2.54. The van der Waals surface area contributed by atoms with Crippen molar-refractivity contribution in [2.24, 2.45) is 0 Å². The van der Waals surface area contributed by atoms with Crippen molar-refractivity contribution in [1.29, 1.82) is 0 Å². The molecule has 0 saturated carbocycles. The minimum atomic E-state index is -0.672. The molecule has 0 N–H and O–H groups in total. The van der Waals surface area contributed by atoms with E-state index in [9.17, 15) is 14.9 Å². The van der Waals surface area contributed by atoms with Crippen LogP contribution < -0.4 is 0 Å². The second-order valence-electron chi connectivity index (χ2n) is 4.07. The highest BCUT2D eigenvalue weighted by molar-refractivity contribution is 7.18. The van der Waals surface area contributed by atoms with Crippen molar-refractivity contribution in [3.63, 3.8) is 0 Å². The molecule has 0 radical (unpaired) electrons. The summed E-state index contributed by atoms with van der Waals surface area (Å²) in [4.78, 5) is 26.2. The Labute approximate surface area is 116 Å². The quantitative estimate of drug-likeness (QED) is 0.418. The molecule has 0 aliphatic rings. The van der Waals surface area contributed by atoms with Crippen LogP contribution in [-0.4, -0.2) is 15.7 Å². The van der Waals surface area contributed by atoms with E-state index in [4.69, 9.17) is 4.42 Å². The summed E-state index contributed by atoms with van der Waals surface area (Å²) in [5.74, 6) is -0.772. The number of nitrogens with zero attached hydrogens (tertiary/aromatic N) is 2. The fraction of sp³-hybridized carbons (Fsp3) is 0.0769. The lowest BCUT2D eigenvalue weighted by Crippen LogP contribution is -2.01. The molecule has 1 aromatic carbocycles. The number of thiazole rings is 1. The molecule has 3 rings (SSSR count). The molecule has 0 unspecified atom stereocenters. The smallest absolute Gasteiger partial charge is 0.397 e. The lowest BCUT2D eigenvalue weighted by atomic mass is 10.2. The predicted octanol–water partition coefficient (Wildman–Crippen LogP) is 3.22. The zero-order valence-corrected chi connectivity index (χ0v) is 10.9. The van der Waals surface area contributed by atoms with Crippen LogP contribution in [0.2, 0.25) is 0 Å². The highest BCUT2D eigenvalue weighted by Crippen LogP contribution is 2.23. The maximum Gasteiger partial charge on any atom is 0.433 e. The Morgan fingerprint density at radius 1 is 1.30 bits per heavy atom. The summed E-state index contributed by atoms with van der Waals surface area (Å²) in [5.41, 5.74) is 0.839. The number of carbonyl (C=O) groups excluding carboxylic acids is 1. The van der Waals surface area contributed by atoms with Crippen molar-refractivity contribution < 1.29 is 14.1 Å². The zero-order chi connectivity index (χ0) is 14.1. The van der Waals surface area contributed by atoms with Gasteiger partial charge in [-0.25, -0.2) is 4.98 Å². The number of carbonyl (C=O) groups is 1. The summed E-state index contributed by atoms with van der Waals surface area (Å²) in [7, 11) is 0. The number of para-hydroxylation sites is 1. The Kier molecular flexibility index (Phi) is 3.03. The van der Waals surface area contributed by atoms with E-state index in [-0.39, 0.29) is 18.0 Å². The second kappa shape index (κ2) is 4.86. The van der Waals surface area contributed by atoms with E-state index in [1.165, 1.54) is 23.5 Å². The molecule has 0 saturated heterocycles. The number of rotatable bonds is 4. The van der Waals surface area contributed by atoms with E-state index >= 15 is 0 Å². The number of benzene rings is 1. The Balaban J connectivity index is 1.82. The van der Waals surface area contributed by atoms with E-state index in [1.807, 2.05) is 24.3 Å². The Morgan fingerprint density at radius 3 is 2.80 bits per heavy atom. The first-order valence-corrected chi connectivity index (χ1v) is 6.57. The van der Waals surface area contributed by atoms with Gasteiger partial charge in [-0.15, -0.1) is 11.3 Å². The van der Waals surface area contributed by atoms with Crippen LogP contribution in [-0.2, 0) is 6.42 Å². The van der Waals surface area contributed by atoms with Gasteiger partial charge in [0.25, 0.3) is 0 Å². The van der Waals surface area contributed by atoms with Gasteiger partial charge in [-0.2, -0.15) is 0 Å². The minimum Gasteiger partial charge on any atom is -0.397 e. The Morgan fingerprint density at radius 2 is 2.10 bits per heavy atom. The number of ketones is 1. The number of hydrogen-bond acceptors (Lipinski definition) is 6. The number of hydrogen-bond donors (Lipinski definition) is 0. The van der Waals surface area contributed by atoms with E-state index in [0.29, 0.717) is 5.01 Å².